The van der Waals surface area contributed by atoms with Crippen LogP contribution in [0, 0.1) is 11.3 Å². The van der Waals surface area contributed by atoms with Gasteiger partial charge in [0.1, 0.15) is 0 Å². The van der Waals surface area contributed by atoms with Gasteiger partial charge in [0.05, 0.1) is 25.9 Å². The molecule has 1 atom stereocenters. The number of rotatable bonds is 7. The van der Waals surface area contributed by atoms with Gasteiger partial charge in [-0.1, -0.05) is 34.6 Å². The fourth-order valence-electron chi connectivity index (χ4n) is 2.30. The van der Waals surface area contributed by atoms with Crippen LogP contribution in [0.5, 0.6) is 0 Å². The Hall–Kier alpha value is -0.120. The summed E-state index contributed by atoms with van der Waals surface area (Å²) in [6, 6.07) is 0. The van der Waals surface area contributed by atoms with Crippen LogP contribution in [-0.2, 0) is 9.47 Å². The van der Waals surface area contributed by atoms with E-state index < -0.39 is 0 Å². The molecule has 0 aromatic heterocycles. The molecule has 114 valence electrons. The molecule has 1 saturated heterocycles. The van der Waals surface area contributed by atoms with Gasteiger partial charge in [0.15, 0.2) is 0 Å². The van der Waals surface area contributed by atoms with E-state index in [1.807, 2.05) is 0 Å². The lowest BCUT2D eigenvalue weighted by atomic mass is 9.99. The fraction of sp³-hybridized carbons (Fsp3) is 1.00. The Labute approximate surface area is 119 Å². The number of hydrogen-bond acceptors (Lipinski definition) is 3. The monoisotopic (exact) mass is 271 g/mol. The third kappa shape index (κ3) is 8.61. The first-order chi connectivity index (χ1) is 8.87. The topological polar surface area (TPSA) is 21.7 Å². The number of nitrogens with zero attached hydrogens (tertiary/aromatic N) is 1. The molecule has 1 aliphatic heterocycles. The van der Waals surface area contributed by atoms with E-state index in [9.17, 15) is 0 Å². The van der Waals surface area contributed by atoms with Crippen LogP contribution < -0.4 is 0 Å². The third-order valence-corrected chi connectivity index (χ3v) is 3.32. The van der Waals surface area contributed by atoms with Crippen LogP contribution in [0.4, 0.5) is 0 Å². The van der Waals surface area contributed by atoms with Crippen molar-refractivity contribution in [3.05, 3.63) is 0 Å². The molecule has 3 heteroatoms. The molecule has 0 unspecified atom stereocenters. The molecule has 0 aromatic carbocycles. The maximum Gasteiger partial charge on any atom is 0.0935 e. The van der Waals surface area contributed by atoms with Crippen molar-refractivity contribution in [2.75, 3.05) is 39.5 Å². The van der Waals surface area contributed by atoms with Crippen LogP contribution in [0.1, 0.15) is 47.5 Å². The van der Waals surface area contributed by atoms with Crippen molar-refractivity contribution in [3.63, 3.8) is 0 Å². The summed E-state index contributed by atoms with van der Waals surface area (Å²) in [5.74, 6) is 0.812. The lowest BCUT2D eigenvalue weighted by molar-refractivity contribution is -0.0776. The Balaban J connectivity index is 2.15. The summed E-state index contributed by atoms with van der Waals surface area (Å²) in [5, 5.41) is 0. The largest absolute Gasteiger partial charge is 0.378 e. The van der Waals surface area contributed by atoms with Crippen molar-refractivity contribution >= 4 is 0 Å². The van der Waals surface area contributed by atoms with E-state index in [0.29, 0.717) is 0 Å². The maximum atomic E-state index is 5.78. The summed E-state index contributed by atoms with van der Waals surface area (Å²) in [5.41, 5.74) is 0.242. The second-order valence-electron chi connectivity index (χ2n) is 7.41. The summed E-state index contributed by atoms with van der Waals surface area (Å²) in [6.45, 7) is 16.9. The molecule has 0 amide bonds. The standard InChI is InChI=1S/C16H33NO2/c1-14(2)7-6-8-17-9-10-19-15(11-17)12-18-13-16(3,4)5/h14-15H,6-13H2,1-5H3/t15-/m1/s1. The van der Waals surface area contributed by atoms with E-state index in [1.54, 1.807) is 0 Å². The van der Waals surface area contributed by atoms with Gasteiger partial charge < -0.3 is 9.47 Å². The lowest BCUT2D eigenvalue weighted by Crippen LogP contribution is -2.45. The van der Waals surface area contributed by atoms with Crippen molar-refractivity contribution in [2.45, 2.75) is 53.6 Å². The van der Waals surface area contributed by atoms with E-state index in [-0.39, 0.29) is 11.5 Å². The SMILES string of the molecule is CC(C)CCCN1CCO[C@@H](COCC(C)(C)C)C1. The molecule has 0 bridgehead atoms. The van der Waals surface area contributed by atoms with E-state index in [4.69, 9.17) is 9.47 Å². The quantitative estimate of drug-likeness (QED) is 0.710. The summed E-state index contributed by atoms with van der Waals surface area (Å²) in [4.78, 5) is 2.52. The van der Waals surface area contributed by atoms with Crippen LogP contribution in [0.2, 0.25) is 0 Å². The second-order valence-corrected chi connectivity index (χ2v) is 7.41. The van der Waals surface area contributed by atoms with Gasteiger partial charge in [0.25, 0.3) is 0 Å². The molecule has 1 fully saturated rings. The summed E-state index contributed by atoms with van der Waals surface area (Å²) in [7, 11) is 0. The average Bonchev–Trinajstić information content (AvgIpc) is 2.27. The van der Waals surface area contributed by atoms with E-state index in [0.717, 1.165) is 38.8 Å². The van der Waals surface area contributed by atoms with Gasteiger partial charge in [-0.25, -0.2) is 0 Å². The van der Waals surface area contributed by atoms with Crippen LogP contribution in [-0.4, -0.2) is 50.5 Å². The molecule has 1 aliphatic rings. The molecular formula is C16H33NO2. The van der Waals surface area contributed by atoms with Gasteiger partial charge in [0.2, 0.25) is 0 Å². The zero-order valence-electron chi connectivity index (χ0n) is 13.6. The highest BCUT2D eigenvalue weighted by Gasteiger charge is 2.21. The predicted molar refractivity (Wildman–Crippen MR) is 80.5 cm³/mol. The highest BCUT2D eigenvalue weighted by molar-refractivity contribution is 4.72. The Morgan fingerprint density at radius 1 is 1.32 bits per heavy atom. The minimum absolute atomic E-state index is 0.242. The molecule has 0 radical (unpaired) electrons. The van der Waals surface area contributed by atoms with Crippen molar-refractivity contribution in [1.29, 1.82) is 0 Å². The molecular weight excluding hydrogens is 238 g/mol. The summed E-state index contributed by atoms with van der Waals surface area (Å²) in [6.07, 6.45) is 2.88. The highest BCUT2D eigenvalue weighted by atomic mass is 16.5. The lowest BCUT2D eigenvalue weighted by Gasteiger charge is -2.33. The fourth-order valence-corrected chi connectivity index (χ4v) is 2.30. The van der Waals surface area contributed by atoms with Crippen LogP contribution in [0.3, 0.4) is 0 Å². The Morgan fingerprint density at radius 2 is 2.05 bits per heavy atom. The molecule has 0 spiro atoms. The van der Waals surface area contributed by atoms with E-state index in [1.165, 1.54) is 19.4 Å². The third-order valence-electron chi connectivity index (χ3n) is 3.32. The normalized spacial score (nSPS) is 22.1. The highest BCUT2D eigenvalue weighted by Crippen LogP contribution is 2.14. The Kier molecular flexibility index (Phi) is 7.33. The van der Waals surface area contributed by atoms with Gasteiger partial charge in [-0.05, 0) is 30.7 Å². The van der Waals surface area contributed by atoms with Crippen molar-refractivity contribution < 1.29 is 9.47 Å². The predicted octanol–water partition coefficient (Wildman–Crippen LogP) is 3.19. The van der Waals surface area contributed by atoms with Crippen molar-refractivity contribution in [3.8, 4) is 0 Å². The Morgan fingerprint density at radius 3 is 2.68 bits per heavy atom. The molecule has 1 rings (SSSR count). The van der Waals surface area contributed by atoms with Crippen LogP contribution >= 0.6 is 0 Å². The molecule has 0 aromatic rings. The summed E-state index contributed by atoms with van der Waals surface area (Å²) >= 11 is 0. The smallest absolute Gasteiger partial charge is 0.0935 e. The Bertz CT molecular complexity index is 235. The van der Waals surface area contributed by atoms with E-state index in [2.05, 4.69) is 39.5 Å². The molecule has 0 N–H and O–H groups in total. The number of morpholine rings is 1. The molecule has 0 aliphatic carbocycles. The molecule has 0 saturated carbocycles. The van der Waals surface area contributed by atoms with Gasteiger partial charge in [-0.15, -0.1) is 0 Å². The van der Waals surface area contributed by atoms with Gasteiger partial charge in [0, 0.05) is 13.1 Å². The molecule has 19 heavy (non-hydrogen) atoms. The first-order valence-electron chi connectivity index (χ1n) is 7.78. The maximum absolute atomic E-state index is 5.78. The summed E-state index contributed by atoms with van der Waals surface area (Å²) < 4.78 is 11.6. The first kappa shape index (κ1) is 16.9. The van der Waals surface area contributed by atoms with Gasteiger partial charge >= 0.3 is 0 Å². The van der Waals surface area contributed by atoms with E-state index >= 15 is 0 Å². The number of ether oxygens (including phenoxy) is 2. The van der Waals surface area contributed by atoms with Gasteiger partial charge in [-0.3, -0.25) is 4.90 Å². The average molecular weight is 271 g/mol. The zero-order chi connectivity index (χ0) is 14.3. The number of hydrogen-bond donors (Lipinski definition) is 0. The molecule has 3 nitrogen and oxygen atoms in total. The van der Waals surface area contributed by atoms with Gasteiger partial charge in [-0.2, -0.15) is 0 Å². The minimum atomic E-state index is 0.242. The van der Waals surface area contributed by atoms with Crippen LogP contribution in [0.15, 0.2) is 0 Å². The van der Waals surface area contributed by atoms with Crippen LogP contribution in [0.25, 0.3) is 0 Å². The zero-order valence-corrected chi connectivity index (χ0v) is 13.6. The minimum Gasteiger partial charge on any atom is -0.378 e. The van der Waals surface area contributed by atoms with Crippen molar-refractivity contribution in [2.24, 2.45) is 11.3 Å². The second kappa shape index (κ2) is 8.23. The first-order valence-corrected chi connectivity index (χ1v) is 7.78. The van der Waals surface area contributed by atoms with Crippen molar-refractivity contribution in [1.82, 2.24) is 4.90 Å². The molecule has 1 heterocycles.